The molecule has 6 nitrogen and oxygen atoms in total. The molecule has 2 aromatic rings. The van der Waals surface area contributed by atoms with E-state index in [1.165, 1.54) is 18.2 Å². The fourth-order valence-corrected chi connectivity index (χ4v) is 3.93. The van der Waals surface area contributed by atoms with Crippen LogP contribution < -0.4 is 9.64 Å². The Morgan fingerprint density at radius 3 is 2.48 bits per heavy atom. The first-order chi connectivity index (χ1) is 13.8. The number of amides is 1. The van der Waals surface area contributed by atoms with Crippen molar-refractivity contribution >= 4 is 22.5 Å². The number of ether oxygens (including phenoxy) is 1. The van der Waals surface area contributed by atoms with Crippen molar-refractivity contribution < 1.29 is 27.8 Å². The number of aliphatic hydroxyl groups excluding tert-OH is 1. The maximum atomic E-state index is 13.0. The van der Waals surface area contributed by atoms with E-state index in [4.69, 9.17) is 4.74 Å². The van der Waals surface area contributed by atoms with Gasteiger partial charge in [-0.15, -0.1) is 0 Å². The molecule has 1 aromatic carbocycles. The molecule has 3 heterocycles. The number of piperidine rings is 1. The second-order valence-corrected chi connectivity index (χ2v) is 7.61. The number of rotatable bonds is 3. The van der Waals surface area contributed by atoms with Gasteiger partial charge in [0.2, 0.25) is 0 Å². The Morgan fingerprint density at radius 1 is 1.21 bits per heavy atom. The quantitative estimate of drug-likeness (QED) is 0.845. The van der Waals surface area contributed by atoms with E-state index in [1.807, 2.05) is 4.90 Å². The Labute approximate surface area is 165 Å². The van der Waals surface area contributed by atoms with Crippen LogP contribution in [0.3, 0.4) is 0 Å². The minimum absolute atomic E-state index is 0.0378. The van der Waals surface area contributed by atoms with Gasteiger partial charge < -0.3 is 19.6 Å². The molecule has 0 aliphatic carbocycles. The van der Waals surface area contributed by atoms with Crippen LogP contribution in [0.2, 0.25) is 0 Å². The van der Waals surface area contributed by atoms with Gasteiger partial charge in [0.25, 0.3) is 5.91 Å². The lowest BCUT2D eigenvalue weighted by Gasteiger charge is -2.36. The molecule has 2 aliphatic heterocycles. The zero-order chi connectivity index (χ0) is 20.8. The maximum Gasteiger partial charge on any atom is 0.391 e. The summed E-state index contributed by atoms with van der Waals surface area (Å²) in [7, 11) is 1.52. The number of pyridine rings is 1. The highest BCUT2D eigenvalue weighted by Gasteiger charge is 2.41. The van der Waals surface area contributed by atoms with E-state index in [-0.39, 0.29) is 31.8 Å². The molecule has 0 spiro atoms. The number of halogens is 3. The molecule has 0 saturated carbocycles. The first-order valence-electron chi connectivity index (χ1n) is 9.53. The molecular formula is C20H22F3N3O3. The summed E-state index contributed by atoms with van der Waals surface area (Å²) in [4.78, 5) is 20.4. The van der Waals surface area contributed by atoms with E-state index in [2.05, 4.69) is 4.98 Å². The Morgan fingerprint density at radius 2 is 1.90 bits per heavy atom. The Balaban J connectivity index is 1.63. The highest BCUT2D eigenvalue weighted by atomic mass is 19.4. The molecule has 156 valence electrons. The van der Waals surface area contributed by atoms with Gasteiger partial charge in [-0.25, -0.2) is 0 Å². The summed E-state index contributed by atoms with van der Waals surface area (Å²) in [6, 6.07) is 5.25. The molecule has 0 bridgehead atoms. The number of alkyl halides is 3. The molecule has 2 aliphatic rings. The molecule has 0 radical (unpaired) electrons. The van der Waals surface area contributed by atoms with Crippen LogP contribution in [0.15, 0.2) is 24.4 Å². The van der Waals surface area contributed by atoms with E-state index in [1.54, 1.807) is 18.2 Å². The molecule has 1 N–H and O–H groups in total. The highest BCUT2D eigenvalue weighted by Crippen LogP contribution is 2.38. The van der Waals surface area contributed by atoms with Crippen LogP contribution in [0.1, 0.15) is 23.2 Å². The molecule has 1 amide bonds. The van der Waals surface area contributed by atoms with Gasteiger partial charge in [-0.2, -0.15) is 13.2 Å². The number of benzene rings is 1. The summed E-state index contributed by atoms with van der Waals surface area (Å²) in [6.07, 6.45) is -3.10. The Hall–Kier alpha value is -2.55. The topological polar surface area (TPSA) is 65.9 Å². The molecule has 29 heavy (non-hydrogen) atoms. The highest BCUT2D eigenvalue weighted by molar-refractivity contribution is 6.00. The second kappa shape index (κ2) is 7.37. The molecule has 0 unspecified atom stereocenters. The predicted molar refractivity (Wildman–Crippen MR) is 101 cm³/mol. The van der Waals surface area contributed by atoms with Gasteiger partial charge in [-0.05, 0) is 25.0 Å². The van der Waals surface area contributed by atoms with Crippen molar-refractivity contribution in [1.82, 2.24) is 9.88 Å². The molecule has 0 atom stereocenters. The summed E-state index contributed by atoms with van der Waals surface area (Å²) >= 11 is 0. The summed E-state index contributed by atoms with van der Waals surface area (Å²) < 4.78 is 44.3. The Kier molecular flexibility index (Phi) is 5.02. The maximum absolute atomic E-state index is 13.0. The normalized spacial score (nSPS) is 18.8. The van der Waals surface area contributed by atoms with Gasteiger partial charge in [-0.3, -0.25) is 9.78 Å². The van der Waals surface area contributed by atoms with Gasteiger partial charge in [0.1, 0.15) is 5.75 Å². The number of aromatic nitrogens is 1. The summed E-state index contributed by atoms with van der Waals surface area (Å²) in [5.74, 6) is -0.934. The molecule has 9 heteroatoms. The Bertz CT molecular complexity index is 920. The van der Waals surface area contributed by atoms with Crippen LogP contribution in [0, 0.1) is 5.92 Å². The first-order valence-corrected chi connectivity index (χ1v) is 9.53. The largest absolute Gasteiger partial charge is 0.497 e. The van der Waals surface area contributed by atoms with Gasteiger partial charge in [-0.1, -0.05) is 0 Å². The van der Waals surface area contributed by atoms with E-state index in [9.17, 15) is 23.1 Å². The van der Waals surface area contributed by atoms with Crippen molar-refractivity contribution in [2.24, 2.45) is 5.92 Å². The summed E-state index contributed by atoms with van der Waals surface area (Å²) in [5.41, 5.74) is 1.73. The molecule has 2 saturated heterocycles. The van der Waals surface area contributed by atoms with Crippen molar-refractivity contribution in [3.8, 4) is 5.75 Å². The third kappa shape index (κ3) is 3.83. The molecule has 4 rings (SSSR count). The minimum atomic E-state index is -4.17. The third-order valence-electron chi connectivity index (χ3n) is 5.67. The zero-order valence-electron chi connectivity index (χ0n) is 15.9. The monoisotopic (exact) mass is 409 g/mol. The van der Waals surface area contributed by atoms with Crippen molar-refractivity contribution in [2.45, 2.75) is 25.1 Å². The smallest absolute Gasteiger partial charge is 0.391 e. The number of methoxy groups -OCH3 is 1. The van der Waals surface area contributed by atoms with Crippen LogP contribution in [0.25, 0.3) is 10.9 Å². The van der Waals surface area contributed by atoms with E-state index >= 15 is 0 Å². The number of nitrogens with zero attached hydrogens (tertiary/aromatic N) is 3. The number of fused-ring (bicyclic) bond motifs is 1. The van der Waals surface area contributed by atoms with Gasteiger partial charge in [0.15, 0.2) is 0 Å². The van der Waals surface area contributed by atoms with Gasteiger partial charge >= 0.3 is 6.18 Å². The van der Waals surface area contributed by atoms with E-state index < -0.39 is 18.2 Å². The van der Waals surface area contributed by atoms with E-state index in [0.29, 0.717) is 41.0 Å². The number of hydrogen-bond donors (Lipinski definition) is 1. The summed E-state index contributed by atoms with van der Waals surface area (Å²) in [5, 5.41) is 10.1. The van der Waals surface area contributed by atoms with Gasteiger partial charge in [0.05, 0.1) is 35.9 Å². The molecular weight excluding hydrogens is 387 g/mol. The zero-order valence-corrected chi connectivity index (χ0v) is 15.9. The first kappa shape index (κ1) is 19.8. The van der Waals surface area contributed by atoms with Crippen LogP contribution in [0.4, 0.5) is 18.9 Å². The minimum Gasteiger partial charge on any atom is -0.497 e. The van der Waals surface area contributed by atoms with Crippen LogP contribution in [-0.4, -0.2) is 66.5 Å². The summed E-state index contributed by atoms with van der Waals surface area (Å²) in [6.45, 7) is 1.16. The average molecular weight is 409 g/mol. The lowest BCUT2D eigenvalue weighted by molar-refractivity contribution is -0.179. The SMILES string of the molecule is COc1cc(N2CCC(C(F)(F)F)CC2)c2ncc(C(=O)N3CC(O)C3)cc2c1. The number of β-amino-alcohol motifs (C(OH)–C–C–N with tert-alkyl or cyclic N) is 1. The number of carbonyl (C=O) groups excluding carboxylic acids is 1. The van der Waals surface area contributed by atoms with Gasteiger partial charge in [0, 0.05) is 43.8 Å². The average Bonchev–Trinajstić information content (AvgIpc) is 2.69. The molecule has 1 aromatic heterocycles. The van der Waals surface area contributed by atoms with Crippen LogP contribution >= 0.6 is 0 Å². The predicted octanol–water partition coefficient (Wildman–Crippen LogP) is 2.84. The standard InChI is InChI=1S/C20H22F3N3O3/c1-29-16-7-12-6-13(19(28)26-10-15(27)11-26)9-24-18(12)17(8-16)25-4-2-14(3-5-25)20(21,22)23/h6-9,14-15,27H,2-5,10-11H2,1H3. The fraction of sp³-hybridized carbons (Fsp3) is 0.500. The number of aliphatic hydroxyl groups is 1. The van der Waals surface area contributed by atoms with Crippen molar-refractivity contribution in [3.63, 3.8) is 0 Å². The van der Waals surface area contributed by atoms with Crippen LogP contribution in [-0.2, 0) is 0 Å². The molecule has 2 fully saturated rings. The number of hydrogen-bond acceptors (Lipinski definition) is 5. The number of likely N-dealkylation sites (tertiary alicyclic amines) is 1. The lowest BCUT2D eigenvalue weighted by atomic mass is 9.95. The van der Waals surface area contributed by atoms with Crippen molar-refractivity contribution in [3.05, 3.63) is 30.0 Å². The lowest BCUT2D eigenvalue weighted by Crippen LogP contribution is -2.53. The van der Waals surface area contributed by atoms with Crippen LogP contribution in [0.5, 0.6) is 5.75 Å². The fourth-order valence-electron chi connectivity index (χ4n) is 3.93. The number of anilines is 1. The van der Waals surface area contributed by atoms with Crippen molar-refractivity contribution in [1.29, 1.82) is 0 Å². The number of carbonyl (C=O) groups is 1. The van der Waals surface area contributed by atoms with Crippen molar-refractivity contribution in [2.75, 3.05) is 38.2 Å². The third-order valence-corrected chi connectivity index (χ3v) is 5.67. The van der Waals surface area contributed by atoms with E-state index in [0.717, 1.165) is 0 Å². The second-order valence-electron chi connectivity index (χ2n) is 7.61.